The van der Waals surface area contributed by atoms with E-state index < -0.39 is 30.2 Å². The van der Waals surface area contributed by atoms with Gasteiger partial charge in [0.05, 0.1) is 5.60 Å². The van der Waals surface area contributed by atoms with Gasteiger partial charge >= 0.3 is 0 Å². The number of nitrogens with one attached hydrogen (secondary N) is 1. The fraction of sp³-hybridized carbons (Fsp3) is 0.435. The van der Waals surface area contributed by atoms with Gasteiger partial charge in [0, 0.05) is 13.5 Å². The fourth-order valence-electron chi connectivity index (χ4n) is 3.57. The van der Waals surface area contributed by atoms with E-state index in [1.807, 2.05) is 0 Å². The number of halogens is 1. The van der Waals surface area contributed by atoms with E-state index in [1.54, 1.807) is 44.2 Å². The van der Waals surface area contributed by atoms with Crippen LogP contribution in [-0.2, 0) is 16.0 Å². The van der Waals surface area contributed by atoms with Crippen molar-refractivity contribution in [2.45, 2.75) is 57.4 Å². The van der Waals surface area contributed by atoms with E-state index in [-0.39, 0.29) is 11.7 Å². The molecule has 0 saturated carbocycles. The molecule has 4 N–H and O–H groups in total. The van der Waals surface area contributed by atoms with Crippen molar-refractivity contribution < 1.29 is 34.0 Å². The number of aliphatic hydroxyl groups is 3. The Morgan fingerprint density at radius 1 is 1.16 bits per heavy atom. The summed E-state index contributed by atoms with van der Waals surface area (Å²) in [6, 6.07) is 11.3. The number of benzene rings is 2. The highest BCUT2D eigenvalue weighted by Gasteiger charge is 2.49. The van der Waals surface area contributed by atoms with Crippen LogP contribution in [0.25, 0.3) is 11.1 Å². The Hall–Kier alpha value is -2.52. The Bertz CT molecular complexity index is 934. The first-order chi connectivity index (χ1) is 14.6. The molecule has 0 spiro atoms. The molecule has 168 valence electrons. The van der Waals surface area contributed by atoms with Crippen LogP contribution in [0.2, 0.25) is 0 Å². The Balaban J connectivity index is 1.89. The Morgan fingerprint density at radius 2 is 1.90 bits per heavy atom. The lowest BCUT2D eigenvalue weighted by Crippen LogP contribution is -2.63. The van der Waals surface area contributed by atoms with Crippen molar-refractivity contribution in [3.05, 3.63) is 53.8 Å². The highest BCUT2D eigenvalue weighted by atomic mass is 19.1. The van der Waals surface area contributed by atoms with Gasteiger partial charge in [-0.3, -0.25) is 4.79 Å². The molecule has 2 aromatic carbocycles. The molecule has 1 aliphatic heterocycles. The zero-order chi connectivity index (χ0) is 22.8. The van der Waals surface area contributed by atoms with Gasteiger partial charge in [-0.25, -0.2) is 4.39 Å². The second kappa shape index (κ2) is 9.32. The third-order valence-electron chi connectivity index (χ3n) is 5.32. The summed E-state index contributed by atoms with van der Waals surface area (Å²) >= 11 is 0. The van der Waals surface area contributed by atoms with Gasteiger partial charge in [-0.2, -0.15) is 0 Å². The molecule has 0 aromatic heterocycles. The van der Waals surface area contributed by atoms with Gasteiger partial charge < -0.3 is 30.1 Å². The summed E-state index contributed by atoms with van der Waals surface area (Å²) in [5, 5.41) is 33.3. The topological polar surface area (TPSA) is 108 Å². The van der Waals surface area contributed by atoms with Crippen molar-refractivity contribution >= 4 is 5.91 Å². The van der Waals surface area contributed by atoms with E-state index in [2.05, 4.69) is 5.32 Å². The van der Waals surface area contributed by atoms with Crippen LogP contribution in [0.4, 0.5) is 4.39 Å². The quantitative estimate of drug-likeness (QED) is 0.553. The lowest BCUT2D eigenvalue weighted by molar-refractivity contribution is -0.301. The maximum Gasteiger partial charge on any atom is 0.229 e. The van der Waals surface area contributed by atoms with E-state index in [1.165, 1.54) is 19.1 Å². The Kier molecular flexibility index (Phi) is 6.96. The van der Waals surface area contributed by atoms with Crippen LogP contribution in [-0.4, -0.2) is 58.0 Å². The minimum absolute atomic E-state index is 0.140. The summed E-state index contributed by atoms with van der Waals surface area (Å²) in [6.07, 6.45) is -4.86. The van der Waals surface area contributed by atoms with E-state index in [4.69, 9.17) is 9.47 Å². The molecule has 8 heteroatoms. The molecule has 0 aliphatic carbocycles. The van der Waals surface area contributed by atoms with E-state index in [0.717, 1.165) is 5.56 Å². The van der Waals surface area contributed by atoms with Gasteiger partial charge in [0.2, 0.25) is 12.2 Å². The minimum Gasteiger partial charge on any atom is -0.462 e. The van der Waals surface area contributed by atoms with Gasteiger partial charge in [-0.1, -0.05) is 18.2 Å². The minimum atomic E-state index is -1.46. The highest BCUT2D eigenvalue weighted by molar-refractivity contribution is 5.73. The lowest BCUT2D eigenvalue weighted by Gasteiger charge is -2.44. The summed E-state index contributed by atoms with van der Waals surface area (Å²) in [7, 11) is 0. The molecule has 0 unspecified atom stereocenters. The molecule has 1 fully saturated rings. The number of rotatable bonds is 6. The molecule has 0 radical (unpaired) electrons. The number of ether oxygens (including phenoxy) is 2. The third-order valence-corrected chi connectivity index (χ3v) is 5.32. The molecule has 7 nitrogen and oxygen atoms in total. The predicted molar refractivity (Wildman–Crippen MR) is 112 cm³/mol. The number of aliphatic hydroxyl groups excluding tert-OH is 3. The summed E-state index contributed by atoms with van der Waals surface area (Å²) in [5.74, 6) is -0.188. The monoisotopic (exact) mass is 433 g/mol. The van der Waals surface area contributed by atoms with Gasteiger partial charge in [0.1, 0.15) is 29.9 Å². The molecule has 4 atom stereocenters. The molecular formula is C23H28FNO6. The smallest absolute Gasteiger partial charge is 0.229 e. The van der Waals surface area contributed by atoms with Crippen LogP contribution < -0.4 is 10.1 Å². The van der Waals surface area contributed by atoms with Crippen molar-refractivity contribution in [2.75, 3.05) is 6.54 Å². The van der Waals surface area contributed by atoms with E-state index >= 15 is 0 Å². The predicted octanol–water partition coefficient (Wildman–Crippen LogP) is 1.77. The van der Waals surface area contributed by atoms with Crippen LogP contribution in [0, 0.1) is 5.82 Å². The summed E-state index contributed by atoms with van der Waals surface area (Å²) in [6.45, 7) is 5.03. The highest BCUT2D eigenvalue weighted by Crippen LogP contribution is 2.33. The summed E-state index contributed by atoms with van der Waals surface area (Å²) in [5.41, 5.74) is 1.07. The Morgan fingerprint density at radius 3 is 2.58 bits per heavy atom. The van der Waals surface area contributed by atoms with Crippen molar-refractivity contribution in [3.8, 4) is 16.9 Å². The zero-order valence-corrected chi connectivity index (χ0v) is 17.7. The molecule has 31 heavy (non-hydrogen) atoms. The van der Waals surface area contributed by atoms with Crippen LogP contribution in [0.5, 0.6) is 5.75 Å². The fourth-order valence-corrected chi connectivity index (χ4v) is 3.57. The van der Waals surface area contributed by atoms with Gasteiger partial charge in [-0.05, 0) is 61.2 Å². The third kappa shape index (κ3) is 5.40. The molecule has 1 heterocycles. The maximum atomic E-state index is 13.8. The number of carbonyl (C=O) groups excluding carboxylic acids is 1. The number of hydrogen-bond donors (Lipinski definition) is 4. The van der Waals surface area contributed by atoms with Crippen LogP contribution >= 0.6 is 0 Å². The number of amides is 1. The summed E-state index contributed by atoms with van der Waals surface area (Å²) < 4.78 is 25.3. The first kappa shape index (κ1) is 23.1. The van der Waals surface area contributed by atoms with Crippen LogP contribution in [0.15, 0.2) is 42.5 Å². The van der Waals surface area contributed by atoms with Gasteiger partial charge in [0.15, 0.2) is 0 Å². The van der Waals surface area contributed by atoms with E-state index in [9.17, 15) is 24.5 Å². The van der Waals surface area contributed by atoms with Gasteiger partial charge in [-0.15, -0.1) is 0 Å². The van der Waals surface area contributed by atoms with Crippen molar-refractivity contribution in [2.24, 2.45) is 0 Å². The number of carbonyl (C=O) groups is 1. The lowest BCUT2D eigenvalue weighted by atomic mass is 9.90. The summed E-state index contributed by atoms with van der Waals surface area (Å²) in [4.78, 5) is 11.2. The van der Waals surface area contributed by atoms with Crippen molar-refractivity contribution in [3.63, 3.8) is 0 Å². The van der Waals surface area contributed by atoms with Gasteiger partial charge in [0.25, 0.3) is 0 Å². The molecule has 3 rings (SSSR count). The molecular weight excluding hydrogens is 405 g/mol. The first-order valence-corrected chi connectivity index (χ1v) is 10.1. The molecule has 1 aliphatic rings. The van der Waals surface area contributed by atoms with E-state index in [0.29, 0.717) is 29.8 Å². The average molecular weight is 433 g/mol. The van der Waals surface area contributed by atoms with Crippen LogP contribution in [0.3, 0.4) is 0 Å². The molecule has 0 bridgehead atoms. The SMILES string of the molecule is CC(=O)NCCc1ccc(O[C@H]2OC(C)(C)[C@H](O)[C@@H](O)[C@H]2O)cc1-c1cccc(F)c1. The molecule has 2 aromatic rings. The first-order valence-electron chi connectivity index (χ1n) is 10.1. The normalized spacial score (nSPS) is 25.1. The largest absolute Gasteiger partial charge is 0.462 e. The zero-order valence-electron chi connectivity index (χ0n) is 17.7. The van der Waals surface area contributed by atoms with Crippen molar-refractivity contribution in [1.29, 1.82) is 0 Å². The average Bonchev–Trinajstić information content (AvgIpc) is 2.71. The standard InChI is InChI=1S/C23H28FNO6/c1-13(26)25-10-9-14-7-8-17(12-18(14)15-5-4-6-16(24)11-15)30-22-20(28)19(27)21(29)23(2,3)31-22/h4-8,11-12,19-22,27-29H,9-10H2,1-3H3,(H,25,26)/t19-,20+,21+,22-/m0/s1. The maximum absolute atomic E-state index is 13.8. The van der Waals surface area contributed by atoms with Crippen molar-refractivity contribution in [1.82, 2.24) is 5.32 Å². The Labute approximate surface area is 180 Å². The molecule has 1 amide bonds. The molecule has 1 saturated heterocycles. The second-order valence-corrected chi connectivity index (χ2v) is 8.20. The number of hydrogen-bond acceptors (Lipinski definition) is 6. The second-order valence-electron chi connectivity index (χ2n) is 8.20. The van der Waals surface area contributed by atoms with Crippen LogP contribution in [0.1, 0.15) is 26.3 Å².